The second-order valence-electron chi connectivity index (χ2n) is 6.77. The van der Waals surface area contributed by atoms with Gasteiger partial charge in [-0.15, -0.1) is 0 Å². The molecule has 0 unspecified atom stereocenters. The van der Waals surface area contributed by atoms with E-state index in [1.54, 1.807) is 39.0 Å². The highest BCUT2D eigenvalue weighted by molar-refractivity contribution is 5.89. The molecule has 0 spiro atoms. The molecule has 2 amide bonds. The molecule has 6 nitrogen and oxygen atoms in total. The van der Waals surface area contributed by atoms with Gasteiger partial charge in [0.25, 0.3) is 0 Å². The predicted molar refractivity (Wildman–Crippen MR) is 93.5 cm³/mol. The van der Waals surface area contributed by atoms with Crippen LogP contribution in [0.2, 0.25) is 0 Å². The smallest absolute Gasteiger partial charge is 0.408 e. The van der Waals surface area contributed by atoms with Crippen LogP contribution in [0.25, 0.3) is 0 Å². The van der Waals surface area contributed by atoms with Crippen molar-refractivity contribution >= 4 is 12.0 Å². The third-order valence-electron chi connectivity index (χ3n) is 3.37. The van der Waals surface area contributed by atoms with Crippen LogP contribution in [0.4, 0.5) is 4.79 Å². The van der Waals surface area contributed by atoms with Gasteiger partial charge in [0, 0.05) is 13.1 Å². The Labute approximate surface area is 143 Å². The van der Waals surface area contributed by atoms with Crippen LogP contribution in [0.1, 0.15) is 34.1 Å². The summed E-state index contributed by atoms with van der Waals surface area (Å²) in [5.41, 5.74) is -0.214. The lowest BCUT2D eigenvalue weighted by Gasteiger charge is -2.26. The monoisotopic (exact) mass is 336 g/mol. The first kappa shape index (κ1) is 20.0. The summed E-state index contributed by atoms with van der Waals surface area (Å²) in [6.07, 6.45) is 6.40. The maximum absolute atomic E-state index is 12.7. The van der Waals surface area contributed by atoms with Crippen molar-refractivity contribution in [3.63, 3.8) is 0 Å². The van der Waals surface area contributed by atoms with Crippen LogP contribution in [-0.4, -0.2) is 52.8 Å². The first-order chi connectivity index (χ1) is 11.1. The number of likely N-dealkylation sites (tertiary alicyclic amines) is 1. The number of alkyl carbamates (subject to hydrolysis) is 1. The molecular formula is C18H28N2O4. The molecule has 1 saturated heterocycles. The highest BCUT2D eigenvalue weighted by atomic mass is 16.6. The molecule has 1 fully saturated rings. The number of aliphatic hydroxyl groups is 1. The number of carbonyl (C=O) groups is 2. The van der Waals surface area contributed by atoms with E-state index in [1.807, 2.05) is 13.0 Å². The summed E-state index contributed by atoms with van der Waals surface area (Å²) in [5.74, 6) is -0.299. The number of hydrogen-bond acceptors (Lipinski definition) is 4. The number of carbonyl (C=O) groups excluding carboxylic acids is 2. The Morgan fingerprint density at radius 1 is 1.38 bits per heavy atom. The molecule has 6 heteroatoms. The van der Waals surface area contributed by atoms with Crippen LogP contribution in [0.15, 0.2) is 36.5 Å². The van der Waals surface area contributed by atoms with Crippen molar-refractivity contribution in [1.29, 1.82) is 0 Å². The number of allylic oxidation sites excluding steroid dienone is 3. The number of ether oxygens (including phenoxy) is 1. The van der Waals surface area contributed by atoms with Crippen LogP contribution in [0.3, 0.4) is 0 Å². The zero-order chi connectivity index (χ0) is 18.3. The Morgan fingerprint density at radius 2 is 2.04 bits per heavy atom. The number of nitrogens with zero attached hydrogens (tertiary/aromatic N) is 1. The van der Waals surface area contributed by atoms with E-state index in [4.69, 9.17) is 4.74 Å². The molecule has 0 aromatic rings. The van der Waals surface area contributed by atoms with Crippen LogP contribution >= 0.6 is 0 Å². The summed E-state index contributed by atoms with van der Waals surface area (Å²) >= 11 is 0. The molecule has 0 aromatic heterocycles. The van der Waals surface area contributed by atoms with Crippen LogP contribution in [0.5, 0.6) is 0 Å². The van der Waals surface area contributed by atoms with Gasteiger partial charge in [-0.3, -0.25) is 4.79 Å². The normalized spacial score (nSPS) is 19.7. The summed E-state index contributed by atoms with van der Waals surface area (Å²) in [6.45, 7) is 11.7. The summed E-state index contributed by atoms with van der Waals surface area (Å²) in [5, 5.41) is 12.2. The van der Waals surface area contributed by atoms with Crippen LogP contribution in [-0.2, 0) is 9.53 Å². The summed E-state index contributed by atoms with van der Waals surface area (Å²) in [4.78, 5) is 26.3. The molecule has 1 aliphatic heterocycles. The summed E-state index contributed by atoms with van der Waals surface area (Å²) < 4.78 is 5.23. The van der Waals surface area contributed by atoms with E-state index < -0.39 is 23.8 Å². The van der Waals surface area contributed by atoms with E-state index in [1.165, 1.54) is 4.90 Å². The number of nitrogens with one attached hydrogen (secondary N) is 1. The van der Waals surface area contributed by atoms with Crippen molar-refractivity contribution in [3.05, 3.63) is 36.5 Å². The molecule has 1 heterocycles. The van der Waals surface area contributed by atoms with E-state index in [9.17, 15) is 14.7 Å². The van der Waals surface area contributed by atoms with Gasteiger partial charge >= 0.3 is 6.09 Å². The van der Waals surface area contributed by atoms with Gasteiger partial charge in [-0.2, -0.15) is 0 Å². The molecule has 24 heavy (non-hydrogen) atoms. The number of β-amino-alcohol motifs (C(OH)–C–C–N with tert-alkyl or cyclic N) is 1. The van der Waals surface area contributed by atoms with Crippen molar-refractivity contribution in [2.24, 2.45) is 0 Å². The van der Waals surface area contributed by atoms with Crippen LogP contribution < -0.4 is 5.32 Å². The molecule has 0 saturated carbocycles. The highest BCUT2D eigenvalue weighted by Gasteiger charge is 2.32. The topological polar surface area (TPSA) is 78.9 Å². The van der Waals surface area contributed by atoms with Crippen molar-refractivity contribution in [1.82, 2.24) is 10.2 Å². The molecule has 0 aliphatic carbocycles. The fourth-order valence-electron chi connectivity index (χ4n) is 2.25. The lowest BCUT2D eigenvalue weighted by atomic mass is 10.1. The number of amides is 2. The second-order valence-corrected chi connectivity index (χ2v) is 6.77. The van der Waals surface area contributed by atoms with Gasteiger partial charge in [0.1, 0.15) is 11.6 Å². The van der Waals surface area contributed by atoms with Gasteiger partial charge in [0.05, 0.1) is 6.10 Å². The average molecular weight is 336 g/mol. The standard InChI is InChI=1S/C18H28N2O4/c1-6-7-8-9-13(2)15(19-17(23)24-18(3,4)5)16(22)20-11-10-14(21)12-20/h6-9,14-15,21H,2,10-12H2,1,3-5H3,(H,19,23)/b7-6-,9-8-/t14-,15+/m1/s1. The molecule has 0 aromatic carbocycles. The third-order valence-corrected chi connectivity index (χ3v) is 3.37. The molecule has 0 bridgehead atoms. The zero-order valence-corrected chi connectivity index (χ0v) is 14.9. The third kappa shape index (κ3) is 6.58. The lowest BCUT2D eigenvalue weighted by Crippen LogP contribution is -2.50. The van der Waals surface area contributed by atoms with Crippen molar-refractivity contribution in [2.45, 2.75) is 51.9 Å². The molecule has 1 rings (SSSR count). The predicted octanol–water partition coefficient (Wildman–Crippen LogP) is 2.16. The fraction of sp³-hybridized carbons (Fsp3) is 0.556. The quantitative estimate of drug-likeness (QED) is 0.754. The minimum absolute atomic E-state index is 0.261. The largest absolute Gasteiger partial charge is 0.444 e. The Morgan fingerprint density at radius 3 is 2.54 bits per heavy atom. The minimum Gasteiger partial charge on any atom is -0.444 e. The Kier molecular flexibility index (Phi) is 7.22. The Balaban J connectivity index is 2.88. The van der Waals surface area contributed by atoms with Gasteiger partial charge in [0.2, 0.25) is 5.91 Å². The SMILES string of the molecule is C=C(/C=C\C=C/C)[C@H](NC(=O)OC(C)(C)C)C(=O)N1CC[C@@H](O)C1. The second kappa shape index (κ2) is 8.68. The number of rotatable bonds is 5. The average Bonchev–Trinajstić information content (AvgIpc) is 2.89. The number of aliphatic hydroxyl groups excluding tert-OH is 1. The maximum atomic E-state index is 12.7. The lowest BCUT2D eigenvalue weighted by molar-refractivity contribution is -0.131. The van der Waals surface area contributed by atoms with Gasteiger partial charge in [-0.05, 0) is 39.7 Å². The molecule has 1 aliphatic rings. The minimum atomic E-state index is -0.924. The molecule has 2 N–H and O–H groups in total. The maximum Gasteiger partial charge on any atom is 0.408 e. The first-order valence-corrected chi connectivity index (χ1v) is 8.08. The van der Waals surface area contributed by atoms with E-state index in [0.717, 1.165) is 0 Å². The van der Waals surface area contributed by atoms with Crippen LogP contribution in [0, 0.1) is 0 Å². The van der Waals surface area contributed by atoms with Crippen molar-refractivity contribution in [3.8, 4) is 0 Å². The molecule has 2 atom stereocenters. The Hall–Kier alpha value is -2.08. The fourth-order valence-corrected chi connectivity index (χ4v) is 2.25. The van der Waals surface area contributed by atoms with Gasteiger partial charge < -0.3 is 20.1 Å². The molecular weight excluding hydrogens is 308 g/mol. The van der Waals surface area contributed by atoms with E-state index in [-0.39, 0.29) is 12.5 Å². The van der Waals surface area contributed by atoms with Gasteiger partial charge in [-0.25, -0.2) is 4.79 Å². The van der Waals surface area contributed by atoms with Gasteiger partial charge in [0.15, 0.2) is 0 Å². The zero-order valence-electron chi connectivity index (χ0n) is 14.9. The highest BCUT2D eigenvalue weighted by Crippen LogP contribution is 2.15. The molecule has 134 valence electrons. The van der Waals surface area contributed by atoms with E-state index in [2.05, 4.69) is 11.9 Å². The van der Waals surface area contributed by atoms with Crippen molar-refractivity contribution < 1.29 is 19.4 Å². The molecule has 0 radical (unpaired) electrons. The Bertz CT molecular complexity index is 532. The summed E-state index contributed by atoms with van der Waals surface area (Å²) in [6, 6.07) is -0.924. The van der Waals surface area contributed by atoms with Gasteiger partial charge in [-0.1, -0.05) is 30.9 Å². The summed E-state index contributed by atoms with van der Waals surface area (Å²) in [7, 11) is 0. The van der Waals surface area contributed by atoms with Crippen molar-refractivity contribution in [2.75, 3.05) is 13.1 Å². The van der Waals surface area contributed by atoms with E-state index in [0.29, 0.717) is 18.5 Å². The van der Waals surface area contributed by atoms with E-state index >= 15 is 0 Å². The number of hydrogen-bond donors (Lipinski definition) is 2. The first-order valence-electron chi connectivity index (χ1n) is 8.08.